The van der Waals surface area contributed by atoms with Crippen LogP contribution in [-0.2, 0) is 10.0 Å². The molecule has 1 saturated heterocycles. The third-order valence-electron chi connectivity index (χ3n) is 3.62. The molecule has 0 unspecified atom stereocenters. The van der Waals surface area contributed by atoms with Crippen molar-refractivity contribution in [2.24, 2.45) is 0 Å². The Morgan fingerprint density at radius 3 is 2.52 bits per heavy atom. The van der Waals surface area contributed by atoms with Crippen molar-refractivity contribution < 1.29 is 22.7 Å². The van der Waals surface area contributed by atoms with Gasteiger partial charge in [0.05, 0.1) is 5.69 Å². The average molecular weight is 336 g/mol. The quantitative estimate of drug-likeness (QED) is 0.832. The summed E-state index contributed by atoms with van der Waals surface area (Å²) in [5, 5.41) is 11.9. The normalized spacial score (nSPS) is 15.7. The molecule has 0 bridgehead atoms. The van der Waals surface area contributed by atoms with Crippen molar-refractivity contribution >= 4 is 21.6 Å². The number of para-hydroxylation sites is 2. The minimum absolute atomic E-state index is 0.0858. The fourth-order valence-electron chi connectivity index (χ4n) is 2.40. The zero-order valence-corrected chi connectivity index (χ0v) is 13.0. The Labute approximate surface area is 133 Å². The number of phenols is 1. The van der Waals surface area contributed by atoms with Gasteiger partial charge in [0.1, 0.15) is 5.75 Å². The van der Waals surface area contributed by atoms with E-state index < -0.39 is 15.9 Å². The van der Waals surface area contributed by atoms with Gasteiger partial charge in [0.15, 0.2) is 5.76 Å². The Balaban J connectivity index is 1.79. The highest BCUT2D eigenvalue weighted by Gasteiger charge is 2.30. The topological polar surface area (TPSA) is 99.8 Å². The second kappa shape index (κ2) is 6.05. The van der Waals surface area contributed by atoms with Gasteiger partial charge < -0.3 is 14.8 Å². The first kappa shape index (κ1) is 15.6. The number of carbonyl (C=O) groups is 1. The minimum Gasteiger partial charge on any atom is -0.506 e. The fourth-order valence-corrected chi connectivity index (χ4v) is 3.83. The van der Waals surface area contributed by atoms with E-state index in [1.165, 1.54) is 28.6 Å². The first-order valence-corrected chi connectivity index (χ1v) is 8.62. The molecule has 122 valence electrons. The maximum Gasteiger partial charge on any atom is 0.291 e. The Morgan fingerprint density at radius 2 is 1.83 bits per heavy atom. The number of hydrogen-bond acceptors (Lipinski definition) is 5. The summed E-state index contributed by atoms with van der Waals surface area (Å²) in [6.45, 7) is 0.922. The lowest BCUT2D eigenvalue weighted by Crippen LogP contribution is -2.27. The van der Waals surface area contributed by atoms with Crippen molar-refractivity contribution in [3.8, 4) is 5.75 Å². The highest BCUT2D eigenvalue weighted by Crippen LogP contribution is 2.25. The third-order valence-corrected chi connectivity index (χ3v) is 5.39. The van der Waals surface area contributed by atoms with Crippen molar-refractivity contribution in [1.82, 2.24) is 4.31 Å². The van der Waals surface area contributed by atoms with E-state index >= 15 is 0 Å². The molecular formula is C15H16N2O5S. The Bertz CT molecular complexity index is 822. The van der Waals surface area contributed by atoms with Crippen LogP contribution in [0, 0.1) is 0 Å². The monoisotopic (exact) mass is 336 g/mol. The first-order chi connectivity index (χ1) is 11.0. The van der Waals surface area contributed by atoms with Gasteiger partial charge in [-0.15, -0.1) is 0 Å². The largest absolute Gasteiger partial charge is 0.506 e. The van der Waals surface area contributed by atoms with Gasteiger partial charge in [0.2, 0.25) is 5.09 Å². The number of benzene rings is 1. The van der Waals surface area contributed by atoms with Gasteiger partial charge in [-0.3, -0.25) is 4.79 Å². The van der Waals surface area contributed by atoms with Crippen molar-refractivity contribution in [3.63, 3.8) is 0 Å². The average Bonchev–Trinajstić information content (AvgIpc) is 3.21. The molecule has 0 spiro atoms. The summed E-state index contributed by atoms with van der Waals surface area (Å²) in [6, 6.07) is 8.81. The fraction of sp³-hybridized carbons (Fsp3) is 0.267. The van der Waals surface area contributed by atoms with Gasteiger partial charge in [-0.1, -0.05) is 12.1 Å². The molecule has 1 aromatic heterocycles. The van der Waals surface area contributed by atoms with E-state index in [1.807, 2.05) is 0 Å². The standard InChI is InChI=1S/C15H16N2O5S/c18-12-6-2-1-5-11(12)16-15(19)13-7-8-14(22-13)23(20,21)17-9-3-4-10-17/h1-2,5-8,18H,3-4,9-10H2,(H,16,19). The number of hydrogen-bond donors (Lipinski definition) is 2. The van der Waals surface area contributed by atoms with E-state index in [0.29, 0.717) is 13.1 Å². The summed E-state index contributed by atoms with van der Waals surface area (Å²) in [5.41, 5.74) is 0.220. The molecule has 8 heteroatoms. The molecule has 0 saturated carbocycles. The van der Waals surface area contributed by atoms with Crippen molar-refractivity contribution in [1.29, 1.82) is 0 Å². The van der Waals surface area contributed by atoms with E-state index in [0.717, 1.165) is 12.8 Å². The second-order valence-corrected chi connectivity index (χ2v) is 7.07. The summed E-state index contributed by atoms with van der Waals surface area (Å²) >= 11 is 0. The number of aromatic hydroxyl groups is 1. The molecule has 1 fully saturated rings. The SMILES string of the molecule is O=C(Nc1ccccc1O)c1ccc(S(=O)(=O)N2CCCC2)o1. The van der Waals surface area contributed by atoms with Crippen LogP contribution in [0.5, 0.6) is 5.75 Å². The number of amides is 1. The molecule has 2 aromatic rings. The van der Waals surface area contributed by atoms with Gasteiger partial charge in [-0.2, -0.15) is 4.31 Å². The Kier molecular flexibility index (Phi) is 4.10. The smallest absolute Gasteiger partial charge is 0.291 e. The summed E-state index contributed by atoms with van der Waals surface area (Å²) in [4.78, 5) is 12.1. The maximum atomic E-state index is 12.3. The van der Waals surface area contributed by atoms with E-state index in [-0.39, 0.29) is 22.3 Å². The molecular weight excluding hydrogens is 320 g/mol. The highest BCUT2D eigenvalue weighted by molar-refractivity contribution is 7.89. The van der Waals surface area contributed by atoms with E-state index in [4.69, 9.17) is 4.42 Å². The summed E-state index contributed by atoms with van der Waals surface area (Å²) in [6.07, 6.45) is 1.64. The van der Waals surface area contributed by atoms with Crippen LogP contribution in [0.25, 0.3) is 0 Å². The minimum atomic E-state index is -3.70. The van der Waals surface area contributed by atoms with Crippen molar-refractivity contribution in [3.05, 3.63) is 42.2 Å². The molecule has 0 aliphatic carbocycles. The lowest BCUT2D eigenvalue weighted by Gasteiger charge is -2.12. The summed E-state index contributed by atoms with van der Waals surface area (Å²) in [5.74, 6) is -0.849. The maximum absolute atomic E-state index is 12.3. The molecule has 7 nitrogen and oxygen atoms in total. The van der Waals surface area contributed by atoms with Crippen LogP contribution >= 0.6 is 0 Å². The molecule has 1 amide bonds. The Morgan fingerprint density at radius 1 is 1.13 bits per heavy atom. The number of phenolic OH excluding ortho intramolecular Hbond substituents is 1. The van der Waals surface area contributed by atoms with Crippen LogP contribution in [0.2, 0.25) is 0 Å². The third kappa shape index (κ3) is 3.08. The number of nitrogens with one attached hydrogen (secondary N) is 1. The number of anilines is 1. The van der Waals surface area contributed by atoms with Gasteiger partial charge in [-0.05, 0) is 37.1 Å². The molecule has 1 aromatic carbocycles. The molecule has 3 rings (SSSR count). The molecule has 23 heavy (non-hydrogen) atoms. The van der Waals surface area contributed by atoms with Gasteiger partial charge in [0, 0.05) is 13.1 Å². The summed E-state index contributed by atoms with van der Waals surface area (Å²) in [7, 11) is -3.70. The van der Waals surface area contributed by atoms with Gasteiger partial charge in [0.25, 0.3) is 15.9 Å². The lowest BCUT2D eigenvalue weighted by molar-refractivity contribution is 0.0991. The number of nitrogens with zero attached hydrogens (tertiary/aromatic N) is 1. The van der Waals surface area contributed by atoms with E-state index in [1.54, 1.807) is 12.1 Å². The molecule has 2 N–H and O–H groups in total. The lowest BCUT2D eigenvalue weighted by atomic mass is 10.3. The van der Waals surface area contributed by atoms with Crippen LogP contribution < -0.4 is 5.32 Å². The van der Waals surface area contributed by atoms with E-state index in [2.05, 4.69) is 5.32 Å². The molecule has 0 radical (unpaired) electrons. The van der Waals surface area contributed by atoms with Crippen LogP contribution in [0.1, 0.15) is 23.4 Å². The molecule has 2 heterocycles. The van der Waals surface area contributed by atoms with Gasteiger partial charge in [-0.25, -0.2) is 8.42 Å². The highest BCUT2D eigenvalue weighted by atomic mass is 32.2. The van der Waals surface area contributed by atoms with Crippen molar-refractivity contribution in [2.45, 2.75) is 17.9 Å². The number of furan rings is 1. The number of rotatable bonds is 4. The zero-order chi connectivity index (χ0) is 16.4. The van der Waals surface area contributed by atoms with E-state index in [9.17, 15) is 18.3 Å². The van der Waals surface area contributed by atoms with Gasteiger partial charge >= 0.3 is 0 Å². The molecule has 0 atom stereocenters. The first-order valence-electron chi connectivity index (χ1n) is 7.18. The van der Waals surface area contributed by atoms with Crippen LogP contribution in [0.4, 0.5) is 5.69 Å². The van der Waals surface area contributed by atoms with Crippen molar-refractivity contribution in [2.75, 3.05) is 18.4 Å². The molecule has 1 aliphatic rings. The zero-order valence-electron chi connectivity index (χ0n) is 12.2. The van der Waals surface area contributed by atoms with Crippen LogP contribution in [0.3, 0.4) is 0 Å². The van der Waals surface area contributed by atoms with Crippen LogP contribution in [0.15, 0.2) is 45.9 Å². The summed E-state index contributed by atoms with van der Waals surface area (Å²) < 4.78 is 31.2. The van der Waals surface area contributed by atoms with Crippen LogP contribution in [-0.4, -0.2) is 36.8 Å². The number of sulfonamides is 1. The predicted octanol–water partition coefficient (Wildman–Crippen LogP) is 2.02. The Hall–Kier alpha value is -2.32. The molecule has 1 aliphatic heterocycles. The second-order valence-electron chi connectivity index (χ2n) is 5.20. The number of carbonyl (C=O) groups excluding carboxylic acids is 1. The predicted molar refractivity (Wildman–Crippen MR) is 82.8 cm³/mol.